The number of carboxylic acid groups (broad SMARTS) is 1. The van der Waals surface area contributed by atoms with Gasteiger partial charge in [-0.1, -0.05) is 30.3 Å². The number of piperidine rings is 1. The number of amides is 1. The minimum Gasteiger partial charge on any atom is -0.481 e. The molecular weight excluding hydrogens is 462 g/mol. The van der Waals surface area contributed by atoms with Crippen molar-refractivity contribution < 1.29 is 19.8 Å². The summed E-state index contributed by atoms with van der Waals surface area (Å²) in [5, 5.41) is 24.8. The molecule has 5 rings (SSSR count). The summed E-state index contributed by atoms with van der Waals surface area (Å²) in [7, 11) is 0. The Morgan fingerprint density at radius 2 is 1.78 bits per heavy atom. The second kappa shape index (κ2) is 9.38. The van der Waals surface area contributed by atoms with Gasteiger partial charge in [0.2, 0.25) is 0 Å². The van der Waals surface area contributed by atoms with Crippen LogP contribution >= 0.6 is 0 Å². The summed E-state index contributed by atoms with van der Waals surface area (Å²) in [6.45, 7) is 0.833. The number of hydrogen-bond acceptors (Lipinski definition) is 6. The summed E-state index contributed by atoms with van der Waals surface area (Å²) in [6, 6.07) is 15.9. The van der Waals surface area contributed by atoms with Crippen molar-refractivity contribution >= 4 is 22.9 Å². The largest absolute Gasteiger partial charge is 0.481 e. The Morgan fingerprint density at radius 3 is 2.50 bits per heavy atom. The first-order valence-corrected chi connectivity index (χ1v) is 11.6. The Bertz CT molecular complexity index is 1490. The van der Waals surface area contributed by atoms with Crippen LogP contribution in [0.2, 0.25) is 0 Å². The van der Waals surface area contributed by atoms with Crippen LogP contribution in [0, 0.1) is 0 Å². The lowest BCUT2D eigenvalue weighted by Crippen LogP contribution is -2.49. The molecule has 10 nitrogen and oxygen atoms in total. The van der Waals surface area contributed by atoms with Crippen molar-refractivity contribution in [3.8, 4) is 5.69 Å². The molecule has 2 N–H and O–H groups in total. The van der Waals surface area contributed by atoms with E-state index in [0.717, 1.165) is 0 Å². The van der Waals surface area contributed by atoms with Crippen LogP contribution in [0.5, 0.6) is 0 Å². The molecule has 1 fully saturated rings. The predicted molar refractivity (Wildman–Crippen MR) is 131 cm³/mol. The quantitative estimate of drug-likeness (QED) is 0.425. The third kappa shape index (κ3) is 4.63. The van der Waals surface area contributed by atoms with E-state index >= 15 is 0 Å². The fraction of sp³-hybridized carbons (Fsp3) is 0.269. The number of aliphatic carboxylic acids is 1. The van der Waals surface area contributed by atoms with Crippen LogP contribution in [0.1, 0.15) is 28.8 Å². The summed E-state index contributed by atoms with van der Waals surface area (Å²) >= 11 is 0. The van der Waals surface area contributed by atoms with Gasteiger partial charge in [0.05, 0.1) is 30.5 Å². The van der Waals surface area contributed by atoms with Gasteiger partial charge in [-0.2, -0.15) is 5.10 Å². The molecule has 2 aromatic heterocycles. The molecule has 0 saturated carbocycles. The Balaban J connectivity index is 1.33. The van der Waals surface area contributed by atoms with Gasteiger partial charge in [-0.15, -0.1) is 0 Å². The van der Waals surface area contributed by atoms with E-state index in [1.807, 2.05) is 18.2 Å². The van der Waals surface area contributed by atoms with Crippen LogP contribution in [0.25, 0.3) is 16.7 Å². The van der Waals surface area contributed by atoms with Crippen LogP contribution in [0.3, 0.4) is 0 Å². The molecule has 0 bridgehead atoms. The van der Waals surface area contributed by atoms with Crippen LogP contribution in [0.4, 0.5) is 0 Å². The van der Waals surface area contributed by atoms with Gasteiger partial charge in [0.25, 0.3) is 11.5 Å². The molecule has 1 saturated heterocycles. The molecular formula is C26H25N5O5. The fourth-order valence-electron chi connectivity index (χ4n) is 4.59. The van der Waals surface area contributed by atoms with Crippen molar-refractivity contribution in [2.45, 2.75) is 31.4 Å². The lowest BCUT2D eigenvalue weighted by Gasteiger charge is -2.38. The molecule has 10 heteroatoms. The molecule has 2 aromatic carbocycles. The molecule has 0 unspecified atom stereocenters. The van der Waals surface area contributed by atoms with E-state index in [4.69, 9.17) is 5.11 Å². The fourth-order valence-corrected chi connectivity index (χ4v) is 4.59. The predicted octanol–water partition coefficient (Wildman–Crippen LogP) is 1.88. The molecule has 4 aromatic rings. The summed E-state index contributed by atoms with van der Waals surface area (Å²) in [6.07, 6.45) is 3.37. The van der Waals surface area contributed by atoms with Gasteiger partial charge in [0, 0.05) is 18.7 Å². The second-order valence-electron chi connectivity index (χ2n) is 9.09. The smallest absolute Gasteiger partial charge is 0.307 e. The van der Waals surface area contributed by atoms with Crippen molar-refractivity contribution in [2.24, 2.45) is 0 Å². The van der Waals surface area contributed by atoms with E-state index < -0.39 is 11.6 Å². The highest BCUT2D eigenvalue weighted by Gasteiger charge is 2.35. The molecule has 36 heavy (non-hydrogen) atoms. The van der Waals surface area contributed by atoms with Crippen molar-refractivity contribution in [3.05, 3.63) is 88.6 Å². The van der Waals surface area contributed by atoms with E-state index in [9.17, 15) is 19.5 Å². The minimum absolute atomic E-state index is 0.0570. The van der Waals surface area contributed by atoms with Gasteiger partial charge in [-0.3, -0.25) is 19.0 Å². The number of aliphatic hydroxyl groups is 1. The van der Waals surface area contributed by atoms with Crippen molar-refractivity contribution in [3.63, 3.8) is 0 Å². The highest BCUT2D eigenvalue weighted by Crippen LogP contribution is 2.25. The Morgan fingerprint density at radius 1 is 1.03 bits per heavy atom. The summed E-state index contributed by atoms with van der Waals surface area (Å²) in [4.78, 5) is 43.1. The summed E-state index contributed by atoms with van der Waals surface area (Å²) in [5.41, 5.74) is 0.689. The number of rotatable bonds is 6. The molecule has 0 aliphatic carbocycles. The van der Waals surface area contributed by atoms with Gasteiger partial charge in [0.15, 0.2) is 5.65 Å². The highest BCUT2D eigenvalue weighted by molar-refractivity contribution is 5.94. The normalized spacial score (nSPS) is 15.2. The molecule has 1 aliphatic rings. The maximum atomic E-state index is 13.2. The molecule has 0 spiro atoms. The van der Waals surface area contributed by atoms with Gasteiger partial charge in [0.1, 0.15) is 11.7 Å². The van der Waals surface area contributed by atoms with E-state index in [1.165, 1.54) is 21.8 Å². The first-order chi connectivity index (χ1) is 17.3. The Kier molecular flexibility index (Phi) is 6.11. The molecule has 3 heterocycles. The topological polar surface area (TPSA) is 131 Å². The van der Waals surface area contributed by atoms with Crippen LogP contribution < -0.4 is 5.56 Å². The maximum absolute atomic E-state index is 13.2. The monoisotopic (exact) mass is 487 g/mol. The number of carbonyl (C=O) groups excluding carboxylic acids is 1. The van der Waals surface area contributed by atoms with Crippen molar-refractivity contribution in [2.75, 3.05) is 13.1 Å². The number of likely N-dealkylation sites (tertiary alicyclic amines) is 1. The Hall–Kier alpha value is -4.31. The van der Waals surface area contributed by atoms with E-state index in [2.05, 4.69) is 10.1 Å². The van der Waals surface area contributed by atoms with E-state index in [-0.39, 0.29) is 24.4 Å². The molecule has 1 amide bonds. The second-order valence-corrected chi connectivity index (χ2v) is 9.09. The van der Waals surface area contributed by atoms with Gasteiger partial charge in [-0.25, -0.2) is 9.67 Å². The number of hydrogen-bond donors (Lipinski definition) is 2. The van der Waals surface area contributed by atoms with Gasteiger partial charge in [-0.05, 0) is 42.7 Å². The third-order valence-electron chi connectivity index (χ3n) is 6.53. The number of fused-ring (bicyclic) bond motifs is 1. The van der Waals surface area contributed by atoms with Gasteiger partial charge < -0.3 is 15.1 Å². The third-order valence-corrected chi connectivity index (χ3v) is 6.53. The number of nitrogens with zero attached hydrogens (tertiary/aromatic N) is 5. The van der Waals surface area contributed by atoms with E-state index in [1.54, 1.807) is 41.3 Å². The zero-order valence-corrected chi connectivity index (χ0v) is 19.4. The lowest BCUT2D eigenvalue weighted by atomic mass is 9.91. The van der Waals surface area contributed by atoms with Crippen LogP contribution in [-0.4, -0.2) is 65.0 Å². The first kappa shape index (κ1) is 23.4. The number of carboxylic acids is 1. The summed E-state index contributed by atoms with van der Waals surface area (Å²) < 4.78 is 2.87. The molecule has 0 radical (unpaired) electrons. The molecule has 1 aliphatic heterocycles. The van der Waals surface area contributed by atoms with Crippen LogP contribution in [0.15, 0.2) is 71.9 Å². The lowest BCUT2D eigenvalue weighted by molar-refractivity contribution is -0.136. The van der Waals surface area contributed by atoms with Crippen LogP contribution in [-0.2, 0) is 17.8 Å². The zero-order chi connectivity index (χ0) is 25.3. The van der Waals surface area contributed by atoms with Gasteiger partial charge >= 0.3 is 5.97 Å². The highest BCUT2D eigenvalue weighted by atomic mass is 16.4. The SMILES string of the molecule is O=C(O)Cc1cccc(-n2ncc3c(=O)n(CC4(O)CCN(C(=O)c5ccccc5)CC4)cnc32)c1. The standard InChI is InChI=1S/C26H25N5O5/c32-22(33)14-18-5-4-8-20(13-18)31-23-21(15-28-31)25(35)30(17-27-23)16-26(36)9-11-29(12-10-26)24(34)19-6-2-1-3-7-19/h1-8,13,15,17,36H,9-12,14,16H2,(H,32,33). The molecule has 184 valence electrons. The maximum Gasteiger partial charge on any atom is 0.307 e. The van der Waals surface area contributed by atoms with Crippen molar-refractivity contribution in [1.82, 2.24) is 24.2 Å². The van der Waals surface area contributed by atoms with E-state index in [0.29, 0.717) is 53.8 Å². The number of aromatic nitrogens is 4. The number of carbonyl (C=O) groups is 2. The minimum atomic E-state index is -1.15. The first-order valence-electron chi connectivity index (χ1n) is 11.6. The summed E-state index contributed by atoms with van der Waals surface area (Å²) in [5.74, 6) is -1.01. The Labute approximate surface area is 206 Å². The molecule has 0 atom stereocenters. The van der Waals surface area contributed by atoms with Crippen molar-refractivity contribution in [1.29, 1.82) is 0 Å². The zero-order valence-electron chi connectivity index (χ0n) is 19.4. The number of benzene rings is 2. The average molecular weight is 488 g/mol. The average Bonchev–Trinajstić information content (AvgIpc) is 3.31.